The van der Waals surface area contributed by atoms with E-state index in [1.165, 1.54) is 41.9 Å². The number of carbonyl (C=O) groups is 1. The second kappa shape index (κ2) is 11.0. The number of carbonyl (C=O) groups excluding carboxylic acids is 1. The molecule has 1 fully saturated rings. The third-order valence-electron chi connectivity index (χ3n) is 5.82. The van der Waals surface area contributed by atoms with E-state index in [1.807, 2.05) is 48.5 Å². The summed E-state index contributed by atoms with van der Waals surface area (Å²) in [4.78, 5) is 18.5. The van der Waals surface area contributed by atoms with Crippen molar-refractivity contribution in [3.63, 3.8) is 0 Å². The number of hydrogen-bond donors (Lipinski definition) is 1. The summed E-state index contributed by atoms with van der Waals surface area (Å²) in [5.74, 6) is 7.73. The summed E-state index contributed by atoms with van der Waals surface area (Å²) < 4.78 is 5.16. The molecule has 9 heteroatoms. The van der Waals surface area contributed by atoms with Gasteiger partial charge in [0, 0.05) is 28.6 Å². The average molecular weight is 497 g/mol. The van der Waals surface area contributed by atoms with Gasteiger partial charge in [-0.3, -0.25) is 4.79 Å². The number of nitrogens with zero attached hydrogens (tertiary/aromatic N) is 5. The normalized spacial score (nSPS) is 13.1. The van der Waals surface area contributed by atoms with Gasteiger partial charge in [-0.15, -0.1) is 21.5 Å². The molecule has 2 aromatic carbocycles. The van der Waals surface area contributed by atoms with Gasteiger partial charge in [0.2, 0.25) is 5.91 Å². The second-order valence-corrected chi connectivity index (χ2v) is 9.24. The fourth-order valence-corrected chi connectivity index (χ4v) is 4.40. The zero-order valence-electron chi connectivity index (χ0n) is 19.7. The van der Waals surface area contributed by atoms with Gasteiger partial charge in [-0.25, -0.2) is 4.98 Å². The molecule has 0 saturated heterocycles. The zero-order chi connectivity index (χ0) is 24.7. The summed E-state index contributed by atoms with van der Waals surface area (Å²) >= 11 is 1.58. The van der Waals surface area contributed by atoms with Gasteiger partial charge in [-0.1, -0.05) is 30.5 Å². The molecule has 1 aliphatic carbocycles. The first-order valence-corrected chi connectivity index (χ1v) is 12.5. The molecular weight excluding hydrogens is 472 g/mol. The van der Waals surface area contributed by atoms with E-state index in [9.17, 15) is 4.79 Å². The standard InChI is InChI=1S/C27H24N6O2S/c1-35-23-11-8-20(9-12-23)17-33-31-25(30-32-33)13-14-26(34)28-22-7-2-4-19(16-22)10-15-27-29-24(18-36-27)21-5-3-6-21/h2,4,7-9,11-14,16,18,21H,3,5-6,17H2,1H3,(H,28,34)/b14-13+. The number of ether oxygens (including phenoxy) is 1. The minimum Gasteiger partial charge on any atom is -0.497 e. The maximum absolute atomic E-state index is 12.4. The summed E-state index contributed by atoms with van der Waals surface area (Å²) in [7, 11) is 1.63. The van der Waals surface area contributed by atoms with Gasteiger partial charge in [-0.05, 0) is 65.9 Å². The predicted molar refractivity (Wildman–Crippen MR) is 139 cm³/mol. The van der Waals surface area contributed by atoms with Gasteiger partial charge >= 0.3 is 0 Å². The highest BCUT2D eigenvalue weighted by Gasteiger charge is 2.21. The van der Waals surface area contributed by atoms with Crippen molar-refractivity contribution in [2.45, 2.75) is 31.7 Å². The van der Waals surface area contributed by atoms with Crippen molar-refractivity contribution in [2.24, 2.45) is 0 Å². The Morgan fingerprint density at radius 2 is 2.08 bits per heavy atom. The van der Waals surface area contributed by atoms with Gasteiger partial charge in [-0.2, -0.15) is 4.80 Å². The van der Waals surface area contributed by atoms with Crippen molar-refractivity contribution in [2.75, 3.05) is 12.4 Å². The van der Waals surface area contributed by atoms with E-state index in [2.05, 4.69) is 42.9 Å². The Morgan fingerprint density at radius 3 is 2.86 bits per heavy atom. The average Bonchev–Trinajstić information content (AvgIpc) is 3.51. The second-order valence-electron chi connectivity index (χ2n) is 8.38. The van der Waals surface area contributed by atoms with E-state index >= 15 is 0 Å². The Morgan fingerprint density at radius 1 is 1.22 bits per heavy atom. The van der Waals surface area contributed by atoms with Crippen molar-refractivity contribution in [3.8, 4) is 17.6 Å². The lowest BCUT2D eigenvalue weighted by Crippen LogP contribution is -2.08. The van der Waals surface area contributed by atoms with Crippen LogP contribution in [-0.2, 0) is 11.3 Å². The Labute approximate surface area is 213 Å². The first-order valence-electron chi connectivity index (χ1n) is 11.6. The molecule has 180 valence electrons. The summed E-state index contributed by atoms with van der Waals surface area (Å²) in [6.45, 7) is 0.466. The van der Waals surface area contributed by atoms with Crippen LogP contribution in [0.1, 0.15) is 52.8 Å². The van der Waals surface area contributed by atoms with Crippen LogP contribution in [0, 0.1) is 11.8 Å². The van der Waals surface area contributed by atoms with Crippen LogP contribution < -0.4 is 10.1 Å². The third kappa shape index (κ3) is 6.03. The molecule has 2 aromatic heterocycles. The Kier molecular flexibility index (Phi) is 7.15. The van der Waals surface area contributed by atoms with Crippen LogP contribution in [-0.4, -0.2) is 38.2 Å². The first kappa shape index (κ1) is 23.5. The van der Waals surface area contributed by atoms with Gasteiger partial charge < -0.3 is 10.1 Å². The Balaban J connectivity index is 1.16. The number of anilines is 1. The minimum absolute atomic E-state index is 0.295. The lowest BCUT2D eigenvalue weighted by molar-refractivity contribution is -0.111. The molecule has 0 bridgehead atoms. The van der Waals surface area contributed by atoms with Crippen LogP contribution in [0.2, 0.25) is 0 Å². The lowest BCUT2D eigenvalue weighted by Gasteiger charge is -2.22. The van der Waals surface area contributed by atoms with Gasteiger partial charge in [0.25, 0.3) is 0 Å². The number of amides is 1. The molecule has 1 N–H and O–H groups in total. The zero-order valence-corrected chi connectivity index (χ0v) is 20.5. The lowest BCUT2D eigenvalue weighted by atomic mass is 9.83. The molecule has 0 spiro atoms. The highest BCUT2D eigenvalue weighted by atomic mass is 32.1. The molecule has 5 rings (SSSR count). The first-order chi connectivity index (χ1) is 17.6. The number of nitrogens with one attached hydrogen (secondary N) is 1. The fourth-order valence-electron chi connectivity index (χ4n) is 3.65. The number of methoxy groups -OCH3 is 1. The number of rotatable bonds is 7. The molecule has 0 aliphatic heterocycles. The predicted octanol–water partition coefficient (Wildman–Crippen LogP) is 4.51. The van der Waals surface area contributed by atoms with Crippen LogP contribution in [0.4, 0.5) is 5.69 Å². The van der Waals surface area contributed by atoms with Crippen molar-refractivity contribution in [1.29, 1.82) is 0 Å². The molecule has 2 heterocycles. The van der Waals surface area contributed by atoms with Gasteiger partial charge in [0.15, 0.2) is 10.8 Å². The van der Waals surface area contributed by atoms with Crippen molar-refractivity contribution >= 4 is 29.0 Å². The van der Waals surface area contributed by atoms with Crippen molar-refractivity contribution < 1.29 is 9.53 Å². The van der Waals surface area contributed by atoms with Crippen molar-refractivity contribution in [3.05, 3.63) is 87.6 Å². The molecule has 8 nitrogen and oxygen atoms in total. The molecule has 0 radical (unpaired) electrons. The molecule has 1 aliphatic rings. The maximum atomic E-state index is 12.4. The molecule has 4 aromatic rings. The van der Waals surface area contributed by atoms with Gasteiger partial charge in [0.1, 0.15) is 5.75 Å². The monoisotopic (exact) mass is 496 g/mol. The van der Waals surface area contributed by atoms with E-state index in [-0.39, 0.29) is 5.91 Å². The number of thiazole rings is 1. The summed E-state index contributed by atoms with van der Waals surface area (Å²) in [5, 5.41) is 18.1. The molecule has 0 unspecified atom stereocenters. The SMILES string of the molecule is COc1ccc(Cn2nnc(/C=C/C(=O)Nc3cccc(C#Cc4nc(C5CCC5)cs4)c3)n2)cc1. The summed E-state index contributed by atoms with van der Waals surface area (Å²) in [5.41, 5.74) is 3.64. The molecule has 36 heavy (non-hydrogen) atoms. The number of benzene rings is 2. The largest absolute Gasteiger partial charge is 0.497 e. The summed E-state index contributed by atoms with van der Waals surface area (Å²) in [6, 6.07) is 15.1. The van der Waals surface area contributed by atoms with Crippen LogP contribution >= 0.6 is 11.3 Å². The maximum Gasteiger partial charge on any atom is 0.248 e. The minimum atomic E-state index is -0.295. The third-order valence-corrected chi connectivity index (χ3v) is 6.60. The number of tetrazole rings is 1. The highest BCUT2D eigenvalue weighted by molar-refractivity contribution is 7.10. The number of hydrogen-bond acceptors (Lipinski definition) is 7. The quantitative estimate of drug-likeness (QED) is 0.299. The fraction of sp³-hybridized carbons (Fsp3) is 0.222. The molecule has 1 amide bonds. The summed E-state index contributed by atoms with van der Waals surface area (Å²) in [6.07, 6.45) is 6.65. The van der Waals surface area contributed by atoms with Crippen LogP contribution in [0.5, 0.6) is 5.75 Å². The van der Waals surface area contributed by atoms with E-state index < -0.39 is 0 Å². The van der Waals surface area contributed by atoms with Crippen LogP contribution in [0.3, 0.4) is 0 Å². The van der Waals surface area contributed by atoms with E-state index in [0.29, 0.717) is 24.0 Å². The number of aromatic nitrogens is 5. The molecule has 0 atom stereocenters. The van der Waals surface area contributed by atoms with Crippen LogP contribution in [0.25, 0.3) is 6.08 Å². The van der Waals surface area contributed by atoms with Crippen molar-refractivity contribution in [1.82, 2.24) is 25.2 Å². The Hall–Kier alpha value is -4.29. The van der Waals surface area contributed by atoms with E-state index in [4.69, 9.17) is 4.74 Å². The highest BCUT2D eigenvalue weighted by Crippen LogP contribution is 2.36. The topological polar surface area (TPSA) is 94.8 Å². The van der Waals surface area contributed by atoms with Gasteiger partial charge in [0.05, 0.1) is 19.3 Å². The van der Waals surface area contributed by atoms with Crippen LogP contribution in [0.15, 0.2) is 60.0 Å². The smallest absolute Gasteiger partial charge is 0.248 e. The molecular formula is C27H24N6O2S. The molecule has 1 saturated carbocycles. The van der Waals surface area contributed by atoms with E-state index in [0.717, 1.165) is 21.9 Å². The van der Waals surface area contributed by atoms with E-state index in [1.54, 1.807) is 18.4 Å². The Bertz CT molecular complexity index is 1440.